The summed E-state index contributed by atoms with van der Waals surface area (Å²) in [5.41, 5.74) is 1.31. The van der Waals surface area contributed by atoms with E-state index >= 15 is 0 Å². The van der Waals surface area contributed by atoms with Crippen molar-refractivity contribution >= 4 is 57.4 Å². The number of anilines is 3. The lowest BCUT2D eigenvalue weighted by Gasteiger charge is -2.25. The molecule has 12 heteroatoms. The molecule has 3 aromatic rings. The van der Waals surface area contributed by atoms with Gasteiger partial charge in [-0.15, -0.1) is 0 Å². The van der Waals surface area contributed by atoms with Crippen LogP contribution in [0.5, 0.6) is 5.75 Å². The Bertz CT molecular complexity index is 1360. The van der Waals surface area contributed by atoms with Gasteiger partial charge in [0.2, 0.25) is 5.91 Å². The first-order valence-electron chi connectivity index (χ1n) is 11.3. The summed E-state index contributed by atoms with van der Waals surface area (Å²) in [6, 6.07) is 6.79. The largest absolute Gasteiger partial charge is 0.486 e. The van der Waals surface area contributed by atoms with Crippen LogP contribution in [0.4, 0.5) is 26.4 Å². The molecule has 2 fully saturated rings. The van der Waals surface area contributed by atoms with Crippen molar-refractivity contribution in [1.29, 1.82) is 0 Å². The van der Waals surface area contributed by atoms with Crippen LogP contribution >= 0.6 is 11.6 Å². The molecule has 186 valence electrons. The molecule has 2 aromatic carbocycles. The van der Waals surface area contributed by atoms with Crippen LogP contribution in [-0.4, -0.2) is 58.5 Å². The first-order chi connectivity index (χ1) is 17.4. The molecular formula is C24H21ClFN5O5. The van der Waals surface area contributed by atoms with E-state index < -0.39 is 17.8 Å². The van der Waals surface area contributed by atoms with E-state index in [1.807, 2.05) is 0 Å². The van der Waals surface area contributed by atoms with Crippen LogP contribution in [0.3, 0.4) is 0 Å². The number of hydrogen-bond donors (Lipinski definition) is 2. The molecule has 0 unspecified atom stereocenters. The second-order valence-electron chi connectivity index (χ2n) is 8.39. The quantitative estimate of drug-likeness (QED) is 0.490. The Kier molecular flexibility index (Phi) is 6.66. The van der Waals surface area contributed by atoms with E-state index in [9.17, 15) is 18.8 Å². The highest BCUT2D eigenvalue weighted by atomic mass is 35.5. The molecule has 2 aliphatic rings. The number of benzene rings is 2. The molecule has 0 bridgehead atoms. The molecule has 1 atom stereocenters. The Morgan fingerprint density at radius 3 is 2.83 bits per heavy atom. The summed E-state index contributed by atoms with van der Waals surface area (Å²) in [6.45, 7) is 0.970. The number of rotatable bonds is 5. The first kappa shape index (κ1) is 23.9. The van der Waals surface area contributed by atoms with Gasteiger partial charge in [-0.2, -0.15) is 0 Å². The third kappa shape index (κ3) is 5.07. The van der Waals surface area contributed by atoms with Gasteiger partial charge in [-0.1, -0.05) is 11.6 Å². The van der Waals surface area contributed by atoms with Crippen LogP contribution in [-0.2, 0) is 14.3 Å². The number of carbonyl (C=O) groups is 3. The van der Waals surface area contributed by atoms with Gasteiger partial charge in [-0.3, -0.25) is 14.5 Å². The maximum atomic E-state index is 13.6. The Balaban J connectivity index is 1.50. The molecule has 0 radical (unpaired) electrons. The zero-order valence-corrected chi connectivity index (χ0v) is 19.7. The number of halogens is 2. The van der Waals surface area contributed by atoms with E-state index in [0.717, 1.165) is 4.90 Å². The number of ketones is 1. The lowest BCUT2D eigenvalue weighted by molar-refractivity contribution is -0.136. The summed E-state index contributed by atoms with van der Waals surface area (Å²) in [5, 5.41) is 6.30. The summed E-state index contributed by atoms with van der Waals surface area (Å²) >= 11 is 5.90. The maximum absolute atomic E-state index is 13.6. The van der Waals surface area contributed by atoms with E-state index in [1.165, 1.54) is 24.5 Å². The fourth-order valence-electron chi connectivity index (χ4n) is 3.99. The zero-order chi connectivity index (χ0) is 25.2. The number of piperidine rings is 1. The van der Waals surface area contributed by atoms with Gasteiger partial charge in [0.15, 0.2) is 0 Å². The standard InChI is InChI=1S/C24H21ClFN5O5/c25-17-7-13(1-2-18(17)26)29-23-16-9-20(30-24(34)31-5-3-14(32)8-22(31)33)21(10-19(16)27-12-28-23)36-15-4-6-35-11-15/h1-2,7,9-10,12,15H,3-6,8,11H2,(H,30,34)(H,27,28,29)/t15-/m0/s1. The molecule has 2 saturated heterocycles. The number of urea groups is 1. The van der Waals surface area contributed by atoms with Gasteiger partial charge in [0.05, 0.1) is 35.9 Å². The van der Waals surface area contributed by atoms with Crippen molar-refractivity contribution < 1.29 is 28.2 Å². The average molecular weight is 514 g/mol. The molecule has 0 spiro atoms. The van der Waals surface area contributed by atoms with Gasteiger partial charge in [0.25, 0.3) is 0 Å². The third-order valence-corrected chi connectivity index (χ3v) is 6.14. The summed E-state index contributed by atoms with van der Waals surface area (Å²) < 4.78 is 25.1. The second kappa shape index (κ2) is 10.0. The van der Waals surface area contributed by atoms with Crippen LogP contribution in [0.15, 0.2) is 36.7 Å². The molecule has 3 heterocycles. The molecule has 0 saturated carbocycles. The minimum Gasteiger partial charge on any atom is -0.486 e. The van der Waals surface area contributed by atoms with Gasteiger partial charge >= 0.3 is 6.03 Å². The fourth-order valence-corrected chi connectivity index (χ4v) is 4.17. The van der Waals surface area contributed by atoms with Crippen LogP contribution < -0.4 is 15.4 Å². The Morgan fingerprint density at radius 1 is 1.22 bits per heavy atom. The molecule has 10 nitrogen and oxygen atoms in total. The van der Waals surface area contributed by atoms with Crippen molar-refractivity contribution in [2.75, 3.05) is 30.4 Å². The van der Waals surface area contributed by atoms with E-state index in [-0.39, 0.29) is 36.3 Å². The Labute approximate surface area is 209 Å². The minimum absolute atomic E-state index is 0.00494. The second-order valence-corrected chi connectivity index (χ2v) is 8.79. The SMILES string of the molecule is O=C1CCN(C(=O)Nc2cc3c(Nc4ccc(F)c(Cl)c4)ncnc3cc2O[C@H]2CCOC2)C(=O)C1. The average Bonchev–Trinajstić information content (AvgIpc) is 3.35. The maximum Gasteiger partial charge on any atom is 0.328 e. The van der Waals surface area contributed by atoms with Crippen molar-refractivity contribution in [3.8, 4) is 5.75 Å². The predicted octanol–water partition coefficient (Wildman–Crippen LogP) is 4.06. The van der Waals surface area contributed by atoms with Crippen LogP contribution in [0.25, 0.3) is 10.9 Å². The highest BCUT2D eigenvalue weighted by molar-refractivity contribution is 6.31. The monoisotopic (exact) mass is 513 g/mol. The van der Waals surface area contributed by atoms with Gasteiger partial charge in [0, 0.05) is 36.5 Å². The van der Waals surface area contributed by atoms with Crippen molar-refractivity contribution in [1.82, 2.24) is 14.9 Å². The van der Waals surface area contributed by atoms with Crippen LogP contribution in [0.1, 0.15) is 19.3 Å². The number of nitrogens with one attached hydrogen (secondary N) is 2. The van der Waals surface area contributed by atoms with Gasteiger partial charge in [-0.25, -0.2) is 19.2 Å². The number of ether oxygens (including phenoxy) is 2. The number of aromatic nitrogens is 2. The number of nitrogens with zero attached hydrogens (tertiary/aromatic N) is 3. The molecular weight excluding hydrogens is 493 g/mol. The molecule has 0 aliphatic carbocycles. The normalized spacial score (nSPS) is 17.9. The molecule has 5 rings (SSSR count). The van der Waals surface area contributed by atoms with Crippen molar-refractivity contribution in [2.45, 2.75) is 25.4 Å². The number of likely N-dealkylation sites (tertiary alicyclic amines) is 1. The molecule has 2 N–H and O–H groups in total. The number of imide groups is 1. The van der Waals surface area contributed by atoms with Gasteiger partial charge in [-0.05, 0) is 24.3 Å². The van der Waals surface area contributed by atoms with Gasteiger partial charge in [0.1, 0.15) is 35.6 Å². The van der Waals surface area contributed by atoms with Crippen molar-refractivity contribution in [3.63, 3.8) is 0 Å². The third-order valence-electron chi connectivity index (χ3n) is 5.85. The number of carbonyl (C=O) groups excluding carboxylic acids is 3. The van der Waals surface area contributed by atoms with Gasteiger partial charge < -0.3 is 20.1 Å². The molecule has 1 aromatic heterocycles. The minimum atomic E-state index is -0.670. The Morgan fingerprint density at radius 2 is 2.08 bits per heavy atom. The van der Waals surface area contributed by atoms with E-state index in [0.29, 0.717) is 53.5 Å². The number of Topliss-reactive ketones (excluding diaryl/α,β-unsaturated/α-hetero) is 1. The summed E-state index contributed by atoms with van der Waals surface area (Å²) in [7, 11) is 0. The smallest absolute Gasteiger partial charge is 0.328 e. The van der Waals surface area contributed by atoms with Crippen LogP contribution in [0.2, 0.25) is 5.02 Å². The topological polar surface area (TPSA) is 123 Å². The zero-order valence-electron chi connectivity index (χ0n) is 18.9. The lowest BCUT2D eigenvalue weighted by atomic mass is 10.1. The van der Waals surface area contributed by atoms with Crippen molar-refractivity contribution in [3.05, 3.63) is 47.5 Å². The highest BCUT2D eigenvalue weighted by Crippen LogP contribution is 2.35. The summed E-state index contributed by atoms with van der Waals surface area (Å²) in [4.78, 5) is 46.4. The number of fused-ring (bicyclic) bond motifs is 1. The molecule has 3 amide bonds. The number of hydrogen-bond acceptors (Lipinski definition) is 8. The summed E-state index contributed by atoms with van der Waals surface area (Å²) in [6.07, 6.45) is 1.63. The number of amides is 3. The predicted molar refractivity (Wildman–Crippen MR) is 129 cm³/mol. The fraction of sp³-hybridized carbons (Fsp3) is 0.292. The van der Waals surface area contributed by atoms with E-state index in [1.54, 1.807) is 12.1 Å². The first-order valence-corrected chi connectivity index (χ1v) is 11.6. The highest BCUT2D eigenvalue weighted by Gasteiger charge is 2.30. The lowest BCUT2D eigenvalue weighted by Crippen LogP contribution is -2.45. The van der Waals surface area contributed by atoms with E-state index in [4.69, 9.17) is 21.1 Å². The van der Waals surface area contributed by atoms with Crippen LogP contribution in [0, 0.1) is 5.82 Å². The Hall–Kier alpha value is -3.83. The molecule has 2 aliphatic heterocycles. The van der Waals surface area contributed by atoms with E-state index in [2.05, 4.69) is 20.6 Å². The summed E-state index contributed by atoms with van der Waals surface area (Å²) in [5.74, 6) is -0.579. The molecule has 36 heavy (non-hydrogen) atoms. The van der Waals surface area contributed by atoms with Crippen molar-refractivity contribution in [2.24, 2.45) is 0 Å².